The van der Waals surface area contributed by atoms with E-state index in [-0.39, 0.29) is 12.2 Å². The summed E-state index contributed by atoms with van der Waals surface area (Å²) in [6.07, 6.45) is 2.73. The third kappa shape index (κ3) is 3.44. The van der Waals surface area contributed by atoms with E-state index in [2.05, 4.69) is 30.5 Å². The first-order valence-corrected chi connectivity index (χ1v) is 7.02. The lowest BCUT2D eigenvalue weighted by atomic mass is 10.3. The van der Waals surface area contributed by atoms with Crippen molar-refractivity contribution in [1.29, 1.82) is 0 Å². The van der Waals surface area contributed by atoms with Crippen LogP contribution in [0.15, 0.2) is 17.7 Å². The summed E-state index contributed by atoms with van der Waals surface area (Å²) in [7, 11) is 0. The topological polar surface area (TPSA) is 106 Å². The van der Waals surface area contributed by atoms with E-state index in [9.17, 15) is 4.79 Å². The minimum absolute atomic E-state index is 0.246. The Morgan fingerprint density at radius 3 is 3.10 bits per heavy atom. The Balaban J connectivity index is 2.17. The summed E-state index contributed by atoms with van der Waals surface area (Å²) >= 11 is 1.51. The number of hydrogen-bond donors (Lipinski definition) is 2. The third-order valence-corrected chi connectivity index (χ3v) is 2.91. The van der Waals surface area contributed by atoms with Crippen LogP contribution in [0.25, 0.3) is 0 Å². The minimum atomic E-state index is -0.488. The zero-order valence-corrected chi connectivity index (χ0v) is 11.9. The molecule has 0 aliphatic heterocycles. The number of H-pyrrole nitrogens is 1. The van der Waals surface area contributed by atoms with E-state index >= 15 is 0 Å². The van der Waals surface area contributed by atoms with Gasteiger partial charge < -0.3 is 10.1 Å². The highest BCUT2D eigenvalue weighted by atomic mass is 32.2. The van der Waals surface area contributed by atoms with Crippen molar-refractivity contribution in [2.24, 2.45) is 0 Å². The summed E-state index contributed by atoms with van der Waals surface area (Å²) in [5, 5.41) is 10.3. The van der Waals surface area contributed by atoms with Crippen molar-refractivity contribution in [2.45, 2.75) is 19.0 Å². The molecule has 0 amide bonds. The summed E-state index contributed by atoms with van der Waals surface area (Å²) in [5.41, 5.74) is 0.246. The fraction of sp³-hybridized carbons (Fsp3) is 0.364. The molecule has 0 fully saturated rings. The van der Waals surface area contributed by atoms with Crippen molar-refractivity contribution < 1.29 is 9.53 Å². The normalized spacial score (nSPS) is 10.3. The van der Waals surface area contributed by atoms with Gasteiger partial charge in [-0.15, -0.1) is 5.10 Å². The molecule has 0 spiro atoms. The standard InChI is InChI=1S/C11H14N6O2S/c1-3-19-9(18)7-5-12-6-13-8(7)14-10-15-11(17-16-10)20-4-2/h5-6H,3-4H2,1-2H3,(H2,12,13,14,15,16,17). The lowest BCUT2D eigenvalue weighted by molar-refractivity contribution is 0.0526. The van der Waals surface area contributed by atoms with Gasteiger partial charge in [-0.2, -0.15) is 4.98 Å². The quantitative estimate of drug-likeness (QED) is 0.611. The number of anilines is 2. The van der Waals surface area contributed by atoms with Crippen LogP contribution in [0.4, 0.5) is 11.8 Å². The molecule has 0 unspecified atom stereocenters. The molecule has 0 radical (unpaired) electrons. The predicted octanol–water partition coefficient (Wildman–Crippen LogP) is 1.63. The maximum Gasteiger partial charge on any atom is 0.343 e. The molecular formula is C11H14N6O2S. The van der Waals surface area contributed by atoms with Crippen LogP contribution in [0, 0.1) is 0 Å². The molecule has 2 rings (SSSR count). The number of ether oxygens (including phenoxy) is 1. The molecule has 0 aromatic carbocycles. The molecule has 0 aliphatic carbocycles. The van der Waals surface area contributed by atoms with Crippen LogP contribution in [-0.4, -0.2) is 43.5 Å². The highest BCUT2D eigenvalue weighted by Crippen LogP contribution is 2.18. The number of carbonyl (C=O) groups is 1. The molecule has 9 heteroatoms. The highest BCUT2D eigenvalue weighted by molar-refractivity contribution is 7.99. The number of rotatable bonds is 6. The highest BCUT2D eigenvalue weighted by Gasteiger charge is 2.15. The summed E-state index contributed by atoms with van der Waals surface area (Å²) in [6.45, 7) is 4.03. The van der Waals surface area contributed by atoms with Gasteiger partial charge in [0.15, 0.2) is 5.82 Å². The van der Waals surface area contributed by atoms with Gasteiger partial charge in [-0.25, -0.2) is 19.9 Å². The Labute approximate surface area is 119 Å². The lowest BCUT2D eigenvalue weighted by Gasteiger charge is -2.06. The number of hydrogen-bond acceptors (Lipinski definition) is 8. The number of thioether (sulfide) groups is 1. The van der Waals surface area contributed by atoms with Gasteiger partial charge in [0.1, 0.15) is 11.9 Å². The van der Waals surface area contributed by atoms with E-state index < -0.39 is 5.97 Å². The Bertz CT molecular complexity index is 588. The van der Waals surface area contributed by atoms with Crippen LogP contribution in [0.3, 0.4) is 0 Å². The number of esters is 1. The maximum absolute atomic E-state index is 11.8. The van der Waals surface area contributed by atoms with E-state index in [1.54, 1.807) is 6.92 Å². The Kier molecular flexibility index (Phi) is 4.88. The number of aromatic amines is 1. The summed E-state index contributed by atoms with van der Waals surface area (Å²) in [6, 6.07) is 0. The van der Waals surface area contributed by atoms with Crippen molar-refractivity contribution in [3.05, 3.63) is 18.1 Å². The lowest BCUT2D eigenvalue weighted by Crippen LogP contribution is -2.10. The Morgan fingerprint density at radius 1 is 1.50 bits per heavy atom. The van der Waals surface area contributed by atoms with Crippen LogP contribution in [0.5, 0.6) is 0 Å². The van der Waals surface area contributed by atoms with Crippen molar-refractivity contribution in [3.63, 3.8) is 0 Å². The molecule has 2 aromatic rings. The van der Waals surface area contributed by atoms with Crippen molar-refractivity contribution in [1.82, 2.24) is 25.1 Å². The van der Waals surface area contributed by atoms with E-state index in [1.807, 2.05) is 6.92 Å². The zero-order valence-electron chi connectivity index (χ0n) is 11.1. The first kappa shape index (κ1) is 14.3. The number of nitrogens with one attached hydrogen (secondary N) is 2. The number of aromatic nitrogens is 5. The van der Waals surface area contributed by atoms with Crippen LogP contribution in [0.1, 0.15) is 24.2 Å². The van der Waals surface area contributed by atoms with Gasteiger partial charge in [0.25, 0.3) is 0 Å². The average molecular weight is 294 g/mol. The van der Waals surface area contributed by atoms with Crippen LogP contribution >= 0.6 is 11.8 Å². The molecule has 0 saturated carbocycles. The smallest absolute Gasteiger partial charge is 0.343 e. The van der Waals surface area contributed by atoms with Gasteiger partial charge in [0.2, 0.25) is 11.1 Å². The molecular weight excluding hydrogens is 280 g/mol. The zero-order chi connectivity index (χ0) is 14.4. The van der Waals surface area contributed by atoms with Gasteiger partial charge in [0.05, 0.1) is 6.61 Å². The van der Waals surface area contributed by atoms with Crippen LogP contribution < -0.4 is 5.32 Å². The van der Waals surface area contributed by atoms with Gasteiger partial charge >= 0.3 is 5.97 Å². The van der Waals surface area contributed by atoms with E-state index in [0.29, 0.717) is 16.9 Å². The fourth-order valence-corrected chi connectivity index (χ4v) is 1.92. The molecule has 2 N–H and O–H groups in total. The van der Waals surface area contributed by atoms with Gasteiger partial charge in [-0.3, -0.25) is 0 Å². The van der Waals surface area contributed by atoms with Crippen LogP contribution in [0.2, 0.25) is 0 Å². The van der Waals surface area contributed by atoms with Crippen molar-refractivity contribution >= 4 is 29.5 Å². The Hall–Kier alpha value is -2.16. The second kappa shape index (κ2) is 6.85. The fourth-order valence-electron chi connectivity index (χ4n) is 1.40. The minimum Gasteiger partial charge on any atom is -0.462 e. The monoisotopic (exact) mass is 294 g/mol. The van der Waals surface area contributed by atoms with E-state index in [4.69, 9.17) is 4.74 Å². The first-order chi connectivity index (χ1) is 9.74. The summed E-state index contributed by atoms with van der Waals surface area (Å²) in [5.74, 6) is 1.12. The molecule has 2 aromatic heterocycles. The second-order valence-corrected chi connectivity index (χ2v) is 4.76. The van der Waals surface area contributed by atoms with Gasteiger partial charge in [-0.1, -0.05) is 18.7 Å². The second-order valence-electron chi connectivity index (χ2n) is 3.53. The number of carbonyl (C=O) groups excluding carboxylic acids is 1. The molecule has 0 atom stereocenters. The maximum atomic E-state index is 11.8. The summed E-state index contributed by atoms with van der Waals surface area (Å²) in [4.78, 5) is 23.8. The van der Waals surface area contributed by atoms with E-state index in [0.717, 1.165) is 5.75 Å². The van der Waals surface area contributed by atoms with Gasteiger partial charge in [0, 0.05) is 6.20 Å². The summed E-state index contributed by atoms with van der Waals surface area (Å²) < 4.78 is 4.94. The predicted molar refractivity (Wildman–Crippen MR) is 74.1 cm³/mol. The van der Waals surface area contributed by atoms with Crippen molar-refractivity contribution in [3.8, 4) is 0 Å². The molecule has 0 bridgehead atoms. The SMILES string of the molecule is CCOC(=O)c1cncnc1Nc1nc(SCC)n[nH]1. The first-order valence-electron chi connectivity index (χ1n) is 6.04. The molecule has 8 nitrogen and oxygen atoms in total. The molecule has 2 heterocycles. The molecule has 0 saturated heterocycles. The van der Waals surface area contributed by atoms with Crippen molar-refractivity contribution in [2.75, 3.05) is 17.7 Å². The molecule has 0 aliphatic rings. The van der Waals surface area contributed by atoms with Crippen LogP contribution in [-0.2, 0) is 4.74 Å². The van der Waals surface area contributed by atoms with Gasteiger partial charge in [-0.05, 0) is 12.7 Å². The molecule has 20 heavy (non-hydrogen) atoms. The molecule has 106 valence electrons. The number of nitrogens with zero attached hydrogens (tertiary/aromatic N) is 4. The van der Waals surface area contributed by atoms with E-state index in [1.165, 1.54) is 24.3 Å². The largest absolute Gasteiger partial charge is 0.462 e. The third-order valence-electron chi connectivity index (χ3n) is 2.18. The average Bonchev–Trinajstić information content (AvgIpc) is 2.87. The Morgan fingerprint density at radius 2 is 2.35 bits per heavy atom.